The molecule has 0 saturated carbocycles. The van der Waals surface area contributed by atoms with Crippen molar-refractivity contribution >= 4 is 23.0 Å². The molecule has 0 aliphatic heterocycles. The van der Waals surface area contributed by atoms with Gasteiger partial charge in [-0.3, -0.25) is 10.1 Å². The lowest BCUT2D eigenvalue weighted by molar-refractivity contribution is -0.387. The van der Waals surface area contributed by atoms with Crippen LogP contribution in [0, 0.1) is 15.9 Å². The Bertz CT molecular complexity index is 343. The van der Waals surface area contributed by atoms with Gasteiger partial charge in [0.1, 0.15) is 0 Å². The minimum absolute atomic E-state index is 0.0295. The summed E-state index contributed by atoms with van der Waals surface area (Å²) in [7, 11) is 0. The van der Waals surface area contributed by atoms with E-state index >= 15 is 0 Å². The molecule has 0 saturated heterocycles. The summed E-state index contributed by atoms with van der Waals surface area (Å²) in [5.74, 6) is -1.09. The Morgan fingerprint density at radius 3 is 2.67 bits per heavy atom. The molecule has 0 unspecified atom stereocenters. The third-order valence-corrected chi connectivity index (χ3v) is 1.63. The van der Waals surface area contributed by atoms with Gasteiger partial charge in [0.15, 0.2) is 0 Å². The number of halogens is 2. The first kappa shape index (κ1) is 8.73. The molecule has 0 aliphatic carbocycles. The van der Waals surface area contributed by atoms with Gasteiger partial charge in [0.05, 0.1) is 15.6 Å². The SMILES string of the molecule is Nc1c(Cl)ccc([N+](=O)[O-])c1F. The number of nitrogen functional groups attached to an aromatic ring is 1. The van der Waals surface area contributed by atoms with E-state index in [1.807, 2.05) is 0 Å². The molecule has 0 amide bonds. The van der Waals surface area contributed by atoms with Gasteiger partial charge in [0, 0.05) is 6.07 Å². The molecule has 4 nitrogen and oxygen atoms in total. The zero-order valence-corrected chi connectivity index (χ0v) is 6.51. The summed E-state index contributed by atoms with van der Waals surface area (Å²) >= 11 is 5.40. The van der Waals surface area contributed by atoms with E-state index in [1.165, 1.54) is 6.07 Å². The maximum Gasteiger partial charge on any atom is 0.307 e. The monoisotopic (exact) mass is 190 g/mol. The van der Waals surface area contributed by atoms with Crippen LogP contribution in [0.15, 0.2) is 12.1 Å². The Kier molecular flexibility index (Phi) is 2.14. The highest BCUT2D eigenvalue weighted by Crippen LogP contribution is 2.28. The summed E-state index contributed by atoms with van der Waals surface area (Å²) in [6.45, 7) is 0. The van der Waals surface area contributed by atoms with Gasteiger partial charge in [0.25, 0.3) is 0 Å². The normalized spacial score (nSPS) is 9.83. The lowest BCUT2D eigenvalue weighted by atomic mass is 10.3. The van der Waals surface area contributed by atoms with Gasteiger partial charge in [-0.15, -0.1) is 0 Å². The minimum Gasteiger partial charge on any atom is -0.395 e. The fourth-order valence-corrected chi connectivity index (χ4v) is 0.845. The number of nitro benzene ring substituents is 1. The Hall–Kier alpha value is -1.36. The summed E-state index contributed by atoms with van der Waals surface area (Å²) in [5, 5.41) is 10.1. The van der Waals surface area contributed by atoms with Crippen LogP contribution in [0.1, 0.15) is 0 Å². The van der Waals surface area contributed by atoms with Crippen LogP contribution in [0.2, 0.25) is 5.02 Å². The van der Waals surface area contributed by atoms with Crippen molar-refractivity contribution < 1.29 is 9.31 Å². The average Bonchev–Trinajstić information content (AvgIpc) is 2.00. The minimum atomic E-state index is -1.09. The van der Waals surface area contributed by atoms with Crippen LogP contribution in [0.25, 0.3) is 0 Å². The summed E-state index contributed by atoms with van der Waals surface area (Å²) in [6.07, 6.45) is 0. The van der Waals surface area contributed by atoms with Crippen molar-refractivity contribution in [2.75, 3.05) is 5.73 Å². The smallest absolute Gasteiger partial charge is 0.307 e. The highest BCUT2D eigenvalue weighted by atomic mass is 35.5. The van der Waals surface area contributed by atoms with E-state index in [-0.39, 0.29) is 5.02 Å². The van der Waals surface area contributed by atoms with E-state index in [2.05, 4.69) is 0 Å². The summed E-state index contributed by atoms with van der Waals surface area (Å²) in [4.78, 5) is 9.29. The van der Waals surface area contributed by atoms with E-state index in [9.17, 15) is 14.5 Å². The molecule has 6 heteroatoms. The van der Waals surface area contributed by atoms with Crippen molar-refractivity contribution in [1.29, 1.82) is 0 Å². The van der Waals surface area contributed by atoms with Crippen LogP contribution < -0.4 is 5.73 Å². The summed E-state index contributed by atoms with van der Waals surface area (Å²) < 4.78 is 12.9. The van der Waals surface area contributed by atoms with Crippen LogP contribution in [0.4, 0.5) is 15.8 Å². The number of anilines is 1. The third-order valence-electron chi connectivity index (χ3n) is 1.30. The third kappa shape index (κ3) is 1.31. The molecule has 0 heterocycles. The van der Waals surface area contributed by atoms with E-state index in [0.29, 0.717) is 0 Å². The molecular formula is C6H4ClFN2O2. The first-order valence-electron chi connectivity index (χ1n) is 2.92. The number of hydrogen-bond acceptors (Lipinski definition) is 3. The van der Waals surface area contributed by atoms with Crippen LogP contribution in [-0.4, -0.2) is 4.92 Å². The Balaban J connectivity index is 3.36. The lowest BCUT2D eigenvalue weighted by Gasteiger charge is -1.98. The lowest BCUT2D eigenvalue weighted by Crippen LogP contribution is -1.97. The molecule has 0 bridgehead atoms. The second-order valence-electron chi connectivity index (χ2n) is 2.05. The van der Waals surface area contributed by atoms with Crippen molar-refractivity contribution in [1.82, 2.24) is 0 Å². The van der Waals surface area contributed by atoms with Crippen LogP contribution >= 0.6 is 11.6 Å². The molecule has 0 aliphatic rings. The Morgan fingerprint density at radius 1 is 1.58 bits per heavy atom. The molecule has 0 fully saturated rings. The fourth-order valence-electron chi connectivity index (χ4n) is 0.699. The predicted molar refractivity (Wildman–Crippen MR) is 42.5 cm³/mol. The number of nitrogens with two attached hydrogens (primary N) is 1. The Labute approximate surface area is 71.9 Å². The molecule has 2 N–H and O–H groups in total. The quantitative estimate of drug-likeness (QED) is 0.418. The first-order chi connectivity index (χ1) is 5.54. The van der Waals surface area contributed by atoms with Gasteiger partial charge in [0.2, 0.25) is 5.82 Å². The molecule has 1 aromatic rings. The standard InChI is InChI=1S/C6H4ClFN2O2/c7-3-1-2-4(10(11)12)5(8)6(3)9/h1-2H,9H2. The summed E-state index contributed by atoms with van der Waals surface area (Å²) in [5.41, 5.74) is 4.04. The van der Waals surface area contributed by atoms with E-state index < -0.39 is 22.1 Å². The maximum atomic E-state index is 12.9. The van der Waals surface area contributed by atoms with Gasteiger partial charge >= 0.3 is 5.69 Å². The molecule has 1 rings (SSSR count). The Morgan fingerprint density at radius 2 is 2.17 bits per heavy atom. The number of benzene rings is 1. The number of nitrogens with zero attached hydrogens (tertiary/aromatic N) is 1. The topological polar surface area (TPSA) is 69.2 Å². The molecule has 0 aromatic heterocycles. The van der Waals surface area contributed by atoms with E-state index in [1.54, 1.807) is 0 Å². The van der Waals surface area contributed by atoms with Gasteiger partial charge in [-0.25, -0.2) is 0 Å². The molecule has 64 valence electrons. The second kappa shape index (κ2) is 2.94. The van der Waals surface area contributed by atoms with Crippen molar-refractivity contribution in [3.8, 4) is 0 Å². The zero-order chi connectivity index (χ0) is 9.30. The maximum absolute atomic E-state index is 12.9. The van der Waals surface area contributed by atoms with Gasteiger partial charge in [-0.2, -0.15) is 4.39 Å². The van der Waals surface area contributed by atoms with Crippen molar-refractivity contribution in [3.63, 3.8) is 0 Å². The molecule has 0 radical (unpaired) electrons. The van der Waals surface area contributed by atoms with Gasteiger partial charge < -0.3 is 5.73 Å². The molecule has 12 heavy (non-hydrogen) atoms. The zero-order valence-electron chi connectivity index (χ0n) is 5.75. The molecule has 0 spiro atoms. The largest absolute Gasteiger partial charge is 0.395 e. The summed E-state index contributed by atoms with van der Waals surface area (Å²) in [6, 6.07) is 2.14. The van der Waals surface area contributed by atoms with E-state index in [0.717, 1.165) is 6.07 Å². The number of rotatable bonds is 1. The highest BCUT2D eigenvalue weighted by molar-refractivity contribution is 6.33. The van der Waals surface area contributed by atoms with Crippen LogP contribution in [0.3, 0.4) is 0 Å². The number of hydrogen-bond donors (Lipinski definition) is 1. The van der Waals surface area contributed by atoms with Crippen molar-refractivity contribution in [2.24, 2.45) is 0 Å². The first-order valence-corrected chi connectivity index (χ1v) is 3.29. The number of nitro groups is 1. The highest BCUT2D eigenvalue weighted by Gasteiger charge is 2.17. The molecule has 1 aromatic carbocycles. The molecular weight excluding hydrogens is 187 g/mol. The van der Waals surface area contributed by atoms with E-state index in [4.69, 9.17) is 17.3 Å². The molecule has 0 atom stereocenters. The second-order valence-corrected chi connectivity index (χ2v) is 2.46. The fraction of sp³-hybridized carbons (Fsp3) is 0. The average molecular weight is 191 g/mol. The van der Waals surface area contributed by atoms with Gasteiger partial charge in [-0.05, 0) is 6.07 Å². The van der Waals surface area contributed by atoms with Crippen molar-refractivity contribution in [3.05, 3.63) is 33.1 Å². The van der Waals surface area contributed by atoms with Crippen molar-refractivity contribution in [2.45, 2.75) is 0 Å². The van der Waals surface area contributed by atoms with Crippen LogP contribution in [0.5, 0.6) is 0 Å². The van der Waals surface area contributed by atoms with Crippen LogP contribution in [-0.2, 0) is 0 Å². The predicted octanol–water partition coefficient (Wildman–Crippen LogP) is 1.97. The van der Waals surface area contributed by atoms with Gasteiger partial charge in [-0.1, -0.05) is 11.6 Å².